The largest absolute Gasteiger partial charge is 0.494 e. The van der Waals surface area contributed by atoms with Gasteiger partial charge in [-0.05, 0) is 43.7 Å². The van der Waals surface area contributed by atoms with E-state index in [1.54, 1.807) is 0 Å². The summed E-state index contributed by atoms with van der Waals surface area (Å²) in [4.78, 5) is 8.92. The number of halogens is 1. The van der Waals surface area contributed by atoms with Gasteiger partial charge in [0.25, 0.3) is 0 Å². The molecule has 1 aliphatic heterocycles. The van der Waals surface area contributed by atoms with E-state index in [0.29, 0.717) is 19.6 Å². The average molecular weight is 450 g/mol. The van der Waals surface area contributed by atoms with Crippen molar-refractivity contribution in [2.45, 2.75) is 25.7 Å². The van der Waals surface area contributed by atoms with Crippen molar-refractivity contribution in [1.29, 1.82) is 5.41 Å². The number of rotatable bonds is 11. The maximum absolute atomic E-state index is 7.40. The van der Waals surface area contributed by atoms with Crippen molar-refractivity contribution in [2.75, 3.05) is 52.4 Å². The lowest BCUT2D eigenvalue weighted by Gasteiger charge is -2.34. The van der Waals surface area contributed by atoms with E-state index in [9.17, 15) is 0 Å². The van der Waals surface area contributed by atoms with E-state index >= 15 is 0 Å². The first-order chi connectivity index (χ1) is 14.5. The van der Waals surface area contributed by atoms with E-state index in [2.05, 4.69) is 26.6 Å². The van der Waals surface area contributed by atoms with Gasteiger partial charge in [-0.2, -0.15) is 0 Å². The van der Waals surface area contributed by atoms with Gasteiger partial charge in [-0.15, -0.1) is 24.2 Å². The third kappa shape index (κ3) is 11.5. The Hall–Kier alpha value is -2.47. The topological polar surface area (TPSA) is 130 Å². The first-order valence-corrected chi connectivity index (χ1v) is 10.6. The lowest BCUT2D eigenvalue weighted by atomic mass is 10.2. The highest BCUT2D eigenvalue weighted by atomic mass is 35.5. The van der Waals surface area contributed by atoms with Gasteiger partial charge < -0.3 is 26.8 Å². The second-order valence-electron chi connectivity index (χ2n) is 7.34. The highest BCUT2D eigenvalue weighted by Crippen LogP contribution is 2.12. The standard InChI is InChI=1S/C22H35N7O.ClH/c23-21(24)19-7-9-20(10-8-19)30-18-6-5-13-29-16-14-28(15-17-29)12-4-2-1-3-11-27-22(25)26;/h7-10H,3-6,11-18H2,(H3,23,24)(H4,25,26,27);1H. The first kappa shape index (κ1) is 26.6. The summed E-state index contributed by atoms with van der Waals surface area (Å²) in [6.07, 6.45) is 3.77. The Bertz CT molecular complexity index is 730. The smallest absolute Gasteiger partial charge is 0.185 e. The summed E-state index contributed by atoms with van der Waals surface area (Å²) in [5.74, 6) is 7.35. The lowest BCUT2D eigenvalue weighted by Crippen LogP contribution is -2.46. The van der Waals surface area contributed by atoms with Crippen LogP contribution in [0.15, 0.2) is 29.3 Å². The number of nitrogen functional groups attached to an aromatic ring is 1. The van der Waals surface area contributed by atoms with Crippen molar-refractivity contribution in [1.82, 2.24) is 9.80 Å². The van der Waals surface area contributed by atoms with Crippen molar-refractivity contribution in [3.8, 4) is 17.6 Å². The first-order valence-electron chi connectivity index (χ1n) is 10.6. The number of benzene rings is 1. The van der Waals surface area contributed by atoms with Gasteiger partial charge in [0.2, 0.25) is 0 Å². The van der Waals surface area contributed by atoms with E-state index in [1.807, 2.05) is 24.3 Å². The third-order valence-corrected chi connectivity index (χ3v) is 4.98. The van der Waals surface area contributed by atoms with Gasteiger partial charge in [-0.1, -0.05) is 0 Å². The van der Waals surface area contributed by atoms with Gasteiger partial charge >= 0.3 is 0 Å². The molecule has 1 fully saturated rings. The summed E-state index contributed by atoms with van der Waals surface area (Å²) in [7, 11) is 0. The van der Waals surface area contributed by atoms with Crippen LogP contribution in [0.2, 0.25) is 0 Å². The monoisotopic (exact) mass is 449 g/mol. The highest BCUT2D eigenvalue weighted by molar-refractivity contribution is 5.94. The second-order valence-corrected chi connectivity index (χ2v) is 7.34. The van der Waals surface area contributed by atoms with E-state index in [0.717, 1.165) is 69.8 Å². The average Bonchev–Trinajstić information content (AvgIpc) is 2.74. The van der Waals surface area contributed by atoms with Crippen LogP contribution in [0.5, 0.6) is 5.75 Å². The predicted octanol–water partition coefficient (Wildman–Crippen LogP) is 1.23. The second kappa shape index (κ2) is 15.3. The van der Waals surface area contributed by atoms with Crippen LogP contribution in [0.3, 0.4) is 0 Å². The van der Waals surface area contributed by atoms with E-state index < -0.39 is 0 Å². The van der Waals surface area contributed by atoms with Crippen molar-refractivity contribution in [3.05, 3.63) is 29.8 Å². The van der Waals surface area contributed by atoms with Gasteiger partial charge in [0.1, 0.15) is 11.6 Å². The maximum atomic E-state index is 7.40. The lowest BCUT2D eigenvalue weighted by molar-refractivity contribution is 0.131. The predicted molar refractivity (Wildman–Crippen MR) is 130 cm³/mol. The summed E-state index contributed by atoms with van der Waals surface area (Å²) in [6.45, 7) is 7.87. The highest BCUT2D eigenvalue weighted by Gasteiger charge is 2.15. The van der Waals surface area contributed by atoms with Crippen LogP contribution in [-0.2, 0) is 0 Å². The molecule has 2 rings (SSSR count). The van der Waals surface area contributed by atoms with Crippen LogP contribution in [0, 0.1) is 17.3 Å². The third-order valence-electron chi connectivity index (χ3n) is 4.98. The number of piperazine rings is 1. The Kier molecular flexibility index (Phi) is 13.2. The molecule has 172 valence electrons. The number of ether oxygens (including phenoxy) is 1. The number of hydrogen-bond acceptors (Lipinski definition) is 5. The molecule has 9 heteroatoms. The minimum atomic E-state index is 0. The summed E-state index contributed by atoms with van der Waals surface area (Å²) >= 11 is 0. The molecular formula is C22H36ClN7O. The number of unbranched alkanes of at least 4 members (excludes halogenated alkanes) is 1. The molecule has 0 aliphatic carbocycles. The fourth-order valence-corrected chi connectivity index (χ4v) is 3.23. The maximum Gasteiger partial charge on any atom is 0.185 e. The van der Waals surface area contributed by atoms with Gasteiger partial charge in [-0.3, -0.25) is 15.3 Å². The normalized spacial score (nSPS) is 14.1. The SMILES string of the molecule is Cl.N=C(N)c1ccc(OCCCCN2CCN(CCC#CCCN=C(N)N)CC2)cc1. The number of guanidine groups is 1. The van der Waals surface area contributed by atoms with Gasteiger partial charge in [-0.25, -0.2) is 0 Å². The van der Waals surface area contributed by atoms with Gasteiger partial charge in [0, 0.05) is 51.1 Å². The summed E-state index contributed by atoms with van der Waals surface area (Å²) in [6, 6.07) is 7.36. The molecule has 0 aromatic heterocycles. The summed E-state index contributed by atoms with van der Waals surface area (Å²) in [5.41, 5.74) is 16.7. The minimum Gasteiger partial charge on any atom is -0.494 e. The number of nitrogens with one attached hydrogen (secondary N) is 1. The van der Waals surface area contributed by atoms with E-state index in [4.69, 9.17) is 27.3 Å². The molecular weight excluding hydrogens is 414 g/mol. The molecule has 1 saturated heterocycles. The summed E-state index contributed by atoms with van der Waals surface area (Å²) < 4.78 is 5.77. The Balaban J connectivity index is 0.00000480. The molecule has 31 heavy (non-hydrogen) atoms. The molecule has 0 atom stereocenters. The Labute approximate surface area is 192 Å². The molecule has 0 unspecified atom stereocenters. The number of nitrogens with two attached hydrogens (primary N) is 3. The Morgan fingerprint density at radius 2 is 1.55 bits per heavy atom. The minimum absolute atomic E-state index is 0. The molecule has 0 amide bonds. The fourth-order valence-electron chi connectivity index (χ4n) is 3.23. The van der Waals surface area contributed by atoms with Crippen LogP contribution in [0.25, 0.3) is 0 Å². The molecule has 1 aromatic carbocycles. The molecule has 0 spiro atoms. The molecule has 0 saturated carbocycles. The van der Waals surface area contributed by atoms with Crippen LogP contribution in [-0.4, -0.2) is 74.0 Å². The zero-order valence-corrected chi connectivity index (χ0v) is 19.0. The number of aliphatic imine (C=N–C) groups is 1. The van der Waals surface area contributed by atoms with Crippen molar-refractivity contribution in [2.24, 2.45) is 22.2 Å². The summed E-state index contributed by atoms with van der Waals surface area (Å²) in [5, 5.41) is 7.40. The molecule has 1 aromatic rings. The van der Waals surface area contributed by atoms with Gasteiger partial charge in [0.15, 0.2) is 5.96 Å². The van der Waals surface area contributed by atoms with Crippen LogP contribution in [0.4, 0.5) is 0 Å². The zero-order valence-electron chi connectivity index (χ0n) is 18.2. The fraction of sp³-hybridized carbons (Fsp3) is 0.545. The number of amidine groups is 1. The van der Waals surface area contributed by atoms with Crippen molar-refractivity contribution < 1.29 is 4.74 Å². The van der Waals surface area contributed by atoms with Crippen LogP contribution in [0.1, 0.15) is 31.2 Å². The molecule has 7 N–H and O–H groups in total. The quantitative estimate of drug-likeness (QED) is 0.174. The van der Waals surface area contributed by atoms with Crippen molar-refractivity contribution >= 4 is 24.2 Å². The van der Waals surface area contributed by atoms with Crippen molar-refractivity contribution in [3.63, 3.8) is 0 Å². The number of hydrogen-bond donors (Lipinski definition) is 4. The zero-order chi connectivity index (χ0) is 21.6. The van der Waals surface area contributed by atoms with Gasteiger partial charge in [0.05, 0.1) is 13.2 Å². The van der Waals surface area contributed by atoms with Crippen LogP contribution >= 0.6 is 12.4 Å². The molecule has 1 heterocycles. The molecule has 0 bridgehead atoms. The molecule has 1 aliphatic rings. The van der Waals surface area contributed by atoms with Crippen LogP contribution < -0.4 is 21.9 Å². The van der Waals surface area contributed by atoms with E-state index in [1.165, 1.54) is 0 Å². The molecule has 8 nitrogen and oxygen atoms in total. The number of nitrogens with zero attached hydrogens (tertiary/aromatic N) is 3. The van der Waals surface area contributed by atoms with E-state index in [-0.39, 0.29) is 24.2 Å². The Morgan fingerprint density at radius 3 is 2.16 bits per heavy atom. The Morgan fingerprint density at radius 1 is 0.935 bits per heavy atom. The molecule has 0 radical (unpaired) electrons.